The van der Waals surface area contributed by atoms with Crippen LogP contribution in [0.15, 0.2) is 114 Å². The van der Waals surface area contributed by atoms with Crippen LogP contribution in [0.3, 0.4) is 0 Å². The Morgan fingerprint density at radius 2 is 1.54 bits per heavy atom. The maximum Gasteiger partial charge on any atom is 0.120 e. The van der Waals surface area contributed by atoms with Crippen molar-refractivity contribution in [2.24, 2.45) is 5.92 Å². The van der Waals surface area contributed by atoms with Gasteiger partial charge in [0.05, 0.1) is 13.7 Å². The maximum atomic E-state index is 13.0. The minimum atomic E-state index is -1.41. The van der Waals surface area contributed by atoms with E-state index in [1.807, 2.05) is 54.9 Å². The fourth-order valence-electron chi connectivity index (χ4n) is 5.99. The summed E-state index contributed by atoms with van der Waals surface area (Å²) in [7, 11) is -1.41. The molecule has 7 rings (SSSR count). The molecule has 0 bridgehead atoms. The van der Waals surface area contributed by atoms with Gasteiger partial charge in [-0.2, -0.15) is 0 Å². The van der Waals surface area contributed by atoms with Crippen molar-refractivity contribution in [1.82, 2.24) is 9.97 Å². The molecule has 3 heterocycles. The number of aryl methyl sites for hydroxylation is 1. The summed E-state index contributed by atoms with van der Waals surface area (Å²) in [6.07, 6.45) is 5.02. The van der Waals surface area contributed by atoms with Crippen LogP contribution in [0, 0.1) is 30.8 Å². The molecule has 0 spiro atoms. The van der Waals surface area contributed by atoms with Crippen molar-refractivity contribution in [2.45, 2.75) is 46.8 Å². The summed E-state index contributed by atoms with van der Waals surface area (Å²) < 4.78 is 19.1. The molecular formula is C42H39FIrN2OSi-2. The summed E-state index contributed by atoms with van der Waals surface area (Å²) in [5.41, 5.74) is 10.1. The van der Waals surface area contributed by atoms with Crippen LogP contribution in [0.5, 0.6) is 0 Å². The first kappa shape index (κ1) is 35.1. The molecule has 0 saturated carbocycles. The fraction of sp³-hybridized carbons (Fsp3) is 0.190. The van der Waals surface area contributed by atoms with Crippen molar-refractivity contribution in [1.29, 1.82) is 0 Å². The van der Waals surface area contributed by atoms with E-state index in [1.165, 1.54) is 34.0 Å². The van der Waals surface area contributed by atoms with Gasteiger partial charge in [-0.1, -0.05) is 111 Å². The van der Waals surface area contributed by atoms with E-state index in [-0.39, 0.29) is 25.9 Å². The predicted molar refractivity (Wildman–Crippen MR) is 196 cm³/mol. The van der Waals surface area contributed by atoms with Crippen LogP contribution in [0.1, 0.15) is 25.0 Å². The average molecular weight is 827 g/mol. The Balaban J connectivity index is 0.000000189. The van der Waals surface area contributed by atoms with Crippen LogP contribution in [0.2, 0.25) is 19.6 Å². The second-order valence-corrected chi connectivity index (χ2v) is 18.5. The molecule has 0 aliphatic carbocycles. The molecule has 0 N–H and O–H groups in total. The number of para-hydroxylation sites is 1. The monoisotopic (exact) mass is 827 g/mol. The topological polar surface area (TPSA) is 38.9 Å². The summed E-state index contributed by atoms with van der Waals surface area (Å²) in [4.78, 5) is 9.31. The van der Waals surface area contributed by atoms with Crippen molar-refractivity contribution in [3.63, 3.8) is 0 Å². The summed E-state index contributed by atoms with van der Waals surface area (Å²) in [6, 6.07) is 37.6. The molecule has 0 aliphatic rings. The number of rotatable bonds is 6. The van der Waals surface area contributed by atoms with E-state index in [9.17, 15) is 4.39 Å². The van der Waals surface area contributed by atoms with Gasteiger partial charge in [-0.25, -0.2) is 0 Å². The molecule has 6 heteroatoms. The van der Waals surface area contributed by atoms with Gasteiger partial charge >= 0.3 is 0 Å². The molecule has 4 aromatic carbocycles. The van der Waals surface area contributed by atoms with Crippen LogP contribution in [0.25, 0.3) is 55.6 Å². The number of benzene rings is 4. The van der Waals surface area contributed by atoms with Crippen LogP contribution < -0.4 is 5.19 Å². The summed E-state index contributed by atoms with van der Waals surface area (Å²) in [5, 5.41) is 3.64. The Kier molecular flexibility index (Phi) is 10.9. The van der Waals surface area contributed by atoms with Crippen molar-refractivity contribution >= 4 is 35.2 Å². The van der Waals surface area contributed by atoms with E-state index in [0.29, 0.717) is 5.92 Å². The number of aromatic nitrogens is 2. The zero-order valence-corrected chi connectivity index (χ0v) is 31.6. The predicted octanol–water partition coefficient (Wildman–Crippen LogP) is 10.9. The summed E-state index contributed by atoms with van der Waals surface area (Å²) in [6.45, 7) is 13.6. The normalized spacial score (nSPS) is 11.3. The maximum absolute atomic E-state index is 13.0. The van der Waals surface area contributed by atoms with Crippen LogP contribution in [0.4, 0.5) is 4.39 Å². The van der Waals surface area contributed by atoms with E-state index < -0.39 is 8.07 Å². The second kappa shape index (κ2) is 14.9. The number of furan rings is 1. The zero-order valence-electron chi connectivity index (χ0n) is 28.2. The quantitative estimate of drug-likeness (QED) is 0.124. The summed E-state index contributed by atoms with van der Waals surface area (Å²) in [5.74, 6) is 0.340. The molecule has 0 saturated heterocycles. The number of nitrogens with zero attached hydrogens (tertiary/aromatic N) is 2. The molecule has 0 amide bonds. The summed E-state index contributed by atoms with van der Waals surface area (Å²) >= 11 is 0. The van der Waals surface area contributed by atoms with E-state index >= 15 is 0 Å². The van der Waals surface area contributed by atoms with Gasteiger partial charge in [0.2, 0.25) is 0 Å². The van der Waals surface area contributed by atoms with Crippen molar-refractivity contribution in [2.75, 3.05) is 0 Å². The standard InChI is InChI=1S/C24H16NO.C18H23FNSi.Ir/c1-16-14-22(25-15-21(16)17-8-3-2-4-9-17)20-12-7-11-19-18-10-5-6-13-23(18)26-24(19)20;1-13(2)10-15-11-17(14-6-8-16(19)9-7-14)20-12-18(15)21(3,4)5;/h2-11,13-15H,1H3;6,8-9,11-13H,10H2,1-5H3;/q2*-1;. The number of hydrogen-bond donors (Lipinski definition) is 0. The Morgan fingerprint density at radius 3 is 2.23 bits per heavy atom. The van der Waals surface area contributed by atoms with Crippen LogP contribution in [-0.4, -0.2) is 18.0 Å². The Hall–Kier alpha value is -4.22. The van der Waals surface area contributed by atoms with Crippen molar-refractivity contribution in [3.05, 3.63) is 139 Å². The molecular weight excluding hydrogens is 788 g/mol. The van der Waals surface area contributed by atoms with Crippen molar-refractivity contribution < 1.29 is 28.9 Å². The van der Waals surface area contributed by atoms with E-state index in [2.05, 4.69) is 93.9 Å². The van der Waals surface area contributed by atoms with Gasteiger partial charge in [0.15, 0.2) is 0 Å². The second-order valence-electron chi connectivity index (χ2n) is 13.4. The SMILES string of the molecule is CC(C)Cc1cc(-c2[c-]cc(F)cc2)ncc1[Si](C)(C)C.Cc1cc(-c2[c-]ccc3c2oc2ccccc23)ncc1-c1ccccc1.[Ir]. The molecule has 0 aliphatic heterocycles. The third-order valence-corrected chi connectivity index (χ3v) is 10.3. The molecule has 3 nitrogen and oxygen atoms in total. The van der Waals surface area contributed by atoms with Crippen molar-refractivity contribution in [3.8, 4) is 33.6 Å². The zero-order chi connectivity index (χ0) is 33.1. The molecule has 7 aromatic rings. The number of hydrogen-bond acceptors (Lipinski definition) is 3. The van der Waals surface area contributed by atoms with Gasteiger partial charge in [-0.3, -0.25) is 4.39 Å². The van der Waals surface area contributed by atoms with Gasteiger partial charge in [0, 0.05) is 49.3 Å². The third-order valence-electron chi connectivity index (χ3n) is 8.27. The van der Waals surface area contributed by atoms with Gasteiger partial charge in [-0.05, 0) is 53.0 Å². The molecule has 0 fully saturated rings. The van der Waals surface area contributed by atoms with E-state index in [4.69, 9.17) is 9.40 Å². The van der Waals surface area contributed by atoms with Crippen LogP contribution in [-0.2, 0) is 26.5 Å². The largest absolute Gasteiger partial charge is 0.501 e. The van der Waals surface area contributed by atoms with Gasteiger partial charge in [0.1, 0.15) is 5.58 Å². The van der Waals surface area contributed by atoms with E-state index in [1.54, 1.807) is 6.07 Å². The minimum absolute atomic E-state index is 0. The Labute approximate surface area is 297 Å². The molecule has 0 unspecified atom stereocenters. The third kappa shape index (κ3) is 7.73. The minimum Gasteiger partial charge on any atom is -0.501 e. The number of halogens is 1. The first-order valence-electron chi connectivity index (χ1n) is 16.1. The van der Waals surface area contributed by atoms with Gasteiger partial charge < -0.3 is 14.4 Å². The molecule has 245 valence electrons. The number of pyridine rings is 2. The Bertz CT molecular complexity index is 2150. The Morgan fingerprint density at radius 1 is 0.812 bits per heavy atom. The first-order chi connectivity index (χ1) is 22.6. The van der Waals surface area contributed by atoms with E-state index in [0.717, 1.165) is 56.4 Å². The number of fused-ring (bicyclic) bond motifs is 3. The smallest absolute Gasteiger partial charge is 0.120 e. The first-order valence-corrected chi connectivity index (χ1v) is 19.6. The molecule has 0 atom stereocenters. The molecule has 1 radical (unpaired) electrons. The molecule has 3 aromatic heterocycles. The van der Waals surface area contributed by atoms with Gasteiger partial charge in [-0.15, -0.1) is 48.0 Å². The van der Waals surface area contributed by atoms with Crippen LogP contribution >= 0.6 is 0 Å². The average Bonchev–Trinajstić information content (AvgIpc) is 3.44. The fourth-order valence-corrected chi connectivity index (χ4v) is 7.58. The molecule has 48 heavy (non-hydrogen) atoms. The van der Waals surface area contributed by atoms with Gasteiger partial charge in [0.25, 0.3) is 0 Å².